The first kappa shape index (κ1) is 105. The number of allylic oxidation sites excluding steroid dienone is 1. The van der Waals surface area contributed by atoms with Crippen LogP contribution in [-0.4, -0.2) is 113 Å². The van der Waals surface area contributed by atoms with E-state index in [2.05, 4.69) is 200 Å². The van der Waals surface area contributed by atoms with E-state index in [4.69, 9.17) is 38.6 Å². The summed E-state index contributed by atoms with van der Waals surface area (Å²) < 4.78 is 56.2. The molecule has 1 fully saturated rings. The van der Waals surface area contributed by atoms with Crippen molar-refractivity contribution in [3.63, 3.8) is 0 Å². The quantitative estimate of drug-likeness (QED) is 0.0697. The van der Waals surface area contributed by atoms with Crippen LogP contribution >= 0.6 is 7.60 Å². The van der Waals surface area contributed by atoms with Crippen LogP contribution in [0.15, 0.2) is 119 Å². The van der Waals surface area contributed by atoms with Gasteiger partial charge in [0.25, 0.3) is 5.91 Å². The van der Waals surface area contributed by atoms with Gasteiger partial charge in [0.15, 0.2) is 34.8 Å². The van der Waals surface area contributed by atoms with Crippen LogP contribution in [0.1, 0.15) is 299 Å². The molecule has 6 aromatic rings. The standard InChI is InChI=1S/C10H12F2O.C10H14O2.C9H16N2.C8H14N2.C8H13NO2.2C8H13NO.C7H13N3.C7H12N2O.C7H12N2.C4H11O3P/c1-10(2,3)6-4-7(11)9(13)8(12)5-6;1-7-5-12-6-8(9(7)11)10(2,3)4;1-7-6-8(9(2,3)4)11(5)10-7;1-6-9-5-7(10-6)8(2,3)4;1-5-9-7(10)6(11-5)8(2,3)4;1-6-5-7(9-10-6)8(2,3)4;1-6-5-7(10-9-6)8(2,3)4;1-7(2,3)6-5-8-9-10(6)4;1-7(2,3)6-4-8-5-9(6)10;1-7(2,3)6-4-5-8-9-6;1-4(2,3)8(5,6)7/h4-5,13H,1-3H3;5-6H,1-4H3;6H,1-5H3;5H2,1-4H3;6H,1H2,2-4H3,(H,9,10);1,5H2,2-4H3;2*5H,1-4H3;4-5,10H,1-3H3;5H,4H2,1-3H3;1-3H3,(H2,5,6,7). The van der Waals surface area contributed by atoms with Gasteiger partial charge in [-0.25, -0.2) is 18.8 Å². The molecule has 10 rings (SSSR count). The van der Waals surface area contributed by atoms with Gasteiger partial charge in [0.05, 0.1) is 77.2 Å². The molecule has 1 atom stereocenters. The predicted molar refractivity (Wildman–Crippen MR) is 460 cm³/mol. The van der Waals surface area contributed by atoms with E-state index < -0.39 is 36.2 Å². The Labute approximate surface area is 680 Å². The molecule has 1 aromatic carbocycles. The number of benzene rings is 1. The number of phenols is 1. The normalized spacial score (nSPS) is 15.0. The van der Waals surface area contributed by atoms with Crippen molar-refractivity contribution in [3.05, 3.63) is 153 Å². The Morgan fingerprint density at radius 1 is 0.605 bits per heavy atom. The number of phenolic OH excluding ortho intramolecular Hbond substituents is 1. The first-order chi connectivity index (χ1) is 51.0. The van der Waals surface area contributed by atoms with Gasteiger partial charge in [-0.2, -0.15) is 20.0 Å². The Kier molecular flexibility index (Phi) is 38.7. The Balaban J connectivity index is 0.00000123. The zero-order chi connectivity index (χ0) is 89.7. The van der Waals surface area contributed by atoms with Crippen LogP contribution in [0.25, 0.3) is 0 Å². The molecule has 9 heterocycles. The highest BCUT2D eigenvalue weighted by Gasteiger charge is 2.39. The molecule has 4 aliphatic rings. The van der Waals surface area contributed by atoms with Gasteiger partial charge < -0.3 is 38.6 Å². The third-order valence-corrected chi connectivity index (χ3v) is 18.4. The van der Waals surface area contributed by atoms with Crippen molar-refractivity contribution >= 4 is 42.7 Å². The van der Waals surface area contributed by atoms with Crippen LogP contribution in [0.5, 0.6) is 5.75 Å². The van der Waals surface area contributed by atoms with Crippen molar-refractivity contribution in [2.24, 2.45) is 61.1 Å². The molecule has 642 valence electrons. The number of rotatable bonds is 0. The third kappa shape index (κ3) is 38.3. The topological polar surface area (TPSA) is 330 Å². The minimum Gasteiger partial charge on any atom is -0.503 e. The molecule has 4 aliphatic heterocycles. The van der Waals surface area contributed by atoms with Crippen LogP contribution in [0, 0.1) is 54.1 Å². The second-order valence-electron chi connectivity index (χ2n) is 39.6. The van der Waals surface area contributed by atoms with E-state index in [1.165, 1.54) is 56.7 Å². The Bertz CT molecular complexity index is 4260. The molecule has 1 saturated heterocycles. The Morgan fingerprint density at radius 3 is 1.32 bits per heavy atom. The van der Waals surface area contributed by atoms with E-state index in [1.807, 2.05) is 135 Å². The fraction of sp³-hybridized carbons (Fsp3) is 0.628. The number of amides is 1. The van der Waals surface area contributed by atoms with Gasteiger partial charge in [0, 0.05) is 98.6 Å². The number of hydrogen-bond acceptors (Lipinski definition) is 19. The number of imidazole rings is 1. The van der Waals surface area contributed by atoms with Crippen molar-refractivity contribution in [2.75, 3.05) is 6.54 Å². The number of aromatic nitrogens is 8. The van der Waals surface area contributed by atoms with Crippen LogP contribution in [-0.2, 0) is 65.5 Å². The van der Waals surface area contributed by atoms with E-state index in [0.717, 1.165) is 87.7 Å². The summed E-state index contributed by atoms with van der Waals surface area (Å²) in [6.07, 6.45) is 11.1. The van der Waals surface area contributed by atoms with Crippen LogP contribution < -0.4 is 10.7 Å². The SMILES string of the molecule is C=C1CC(C(C)(C)C)=NO1.C=C1NC(=O)C(C(C)(C)C)O1.CC(C)(C)C1=NN=CC1.CC(C)(C)P(=O)(O)O.CC(C)(C)c1cc(F)c(O)c(F)c1.CC(C)(C)c1cncn1O.CC1=NCC(C(C)(C)C)=N1.Cc1cc(C(C)(C)C)n(C)n1.Cc1cc(C(C)(C)C)on1.Cc1cocc(C(C)(C)C)c1=O.Cn1nncc1C(C)(C)C. The van der Waals surface area contributed by atoms with Crippen molar-refractivity contribution in [2.45, 2.75) is 313 Å². The number of halogens is 2. The average molecular weight is 1620 g/mol. The summed E-state index contributed by atoms with van der Waals surface area (Å²) in [5, 5.41) is 47.1. The van der Waals surface area contributed by atoms with Gasteiger partial charge in [-0.3, -0.25) is 33.8 Å². The molecule has 0 aliphatic carbocycles. The lowest BCUT2D eigenvalue weighted by molar-refractivity contribution is -0.127. The minimum atomic E-state index is -3.85. The van der Waals surface area contributed by atoms with E-state index in [-0.39, 0.29) is 65.5 Å². The van der Waals surface area contributed by atoms with E-state index in [9.17, 15) is 22.9 Å². The zero-order valence-corrected chi connectivity index (χ0v) is 77.4. The highest BCUT2D eigenvalue weighted by Crippen LogP contribution is 2.49. The second-order valence-corrected chi connectivity index (χ2v) is 42.1. The summed E-state index contributed by atoms with van der Waals surface area (Å²) in [5.74, 6) is 0.153. The molecule has 5 aromatic heterocycles. The molecule has 28 heteroatoms. The Hall–Kier alpha value is -8.55. The van der Waals surface area contributed by atoms with Crippen LogP contribution in [0.4, 0.5) is 8.78 Å². The van der Waals surface area contributed by atoms with Gasteiger partial charge in [-0.15, -0.1) is 5.10 Å². The van der Waals surface area contributed by atoms with E-state index >= 15 is 0 Å². The maximum absolute atomic E-state index is 12.9. The summed E-state index contributed by atoms with van der Waals surface area (Å²) in [5.41, 5.74) is 11.1. The lowest BCUT2D eigenvalue weighted by atomic mass is 9.87. The van der Waals surface area contributed by atoms with Gasteiger partial charge in [0.1, 0.15) is 23.7 Å². The van der Waals surface area contributed by atoms with E-state index in [1.54, 1.807) is 24.0 Å². The molecule has 114 heavy (non-hydrogen) atoms. The number of aromatic hydroxyl groups is 1. The summed E-state index contributed by atoms with van der Waals surface area (Å²) in [4.78, 5) is 56.8. The molecule has 25 nitrogen and oxygen atoms in total. The maximum Gasteiger partial charge on any atom is 0.330 e. The molecule has 0 radical (unpaired) electrons. The van der Waals surface area contributed by atoms with Gasteiger partial charge >= 0.3 is 7.60 Å². The highest BCUT2D eigenvalue weighted by atomic mass is 31.2. The number of hydrogen-bond donors (Lipinski definition) is 5. The van der Waals surface area contributed by atoms with E-state index in [0.29, 0.717) is 17.0 Å². The molecule has 0 saturated carbocycles. The molecule has 0 bridgehead atoms. The first-order valence-electron chi connectivity index (χ1n) is 38.1. The highest BCUT2D eigenvalue weighted by molar-refractivity contribution is 7.53. The number of nitrogens with one attached hydrogen (secondary N) is 1. The monoisotopic (exact) mass is 1620 g/mol. The summed E-state index contributed by atoms with van der Waals surface area (Å²) in [6, 6.07) is 6.41. The second kappa shape index (κ2) is 41.8. The summed E-state index contributed by atoms with van der Waals surface area (Å²) in [6.45, 7) is 82.3. The number of carbonyl (C=O) groups excluding carboxylic acids is 1. The molecule has 5 N–H and O–H groups in total. The number of aliphatic imine (C=N–C) groups is 2. The number of nitrogens with zero attached hydrogens (tertiary/aromatic N) is 13. The molecule has 1 unspecified atom stereocenters. The molecule has 0 spiro atoms. The van der Waals surface area contributed by atoms with Crippen LogP contribution in [0.3, 0.4) is 0 Å². The van der Waals surface area contributed by atoms with Crippen molar-refractivity contribution < 1.29 is 56.8 Å². The van der Waals surface area contributed by atoms with Gasteiger partial charge in [-0.1, -0.05) is 230 Å². The van der Waals surface area contributed by atoms with Gasteiger partial charge in [-0.05, 0) is 89.6 Å². The third-order valence-electron chi connectivity index (χ3n) is 16.7. The zero-order valence-electron chi connectivity index (χ0n) is 76.5. The molecular formula is C86H143F2N14O11P. The van der Waals surface area contributed by atoms with Crippen molar-refractivity contribution in [1.29, 1.82) is 0 Å². The number of carbonyl (C=O) groups is 1. The van der Waals surface area contributed by atoms with Crippen molar-refractivity contribution in [3.8, 4) is 5.75 Å². The number of aryl methyl sites for hydroxylation is 5. The largest absolute Gasteiger partial charge is 0.503 e. The van der Waals surface area contributed by atoms with Crippen LogP contribution in [0.2, 0.25) is 0 Å². The number of ether oxygens (including phenoxy) is 1. The lowest BCUT2D eigenvalue weighted by Gasteiger charge is -2.22. The number of amidine groups is 1. The Morgan fingerprint density at radius 2 is 1.11 bits per heavy atom. The van der Waals surface area contributed by atoms with Gasteiger partial charge in [0.2, 0.25) is 0 Å². The fourth-order valence-corrected chi connectivity index (χ4v) is 9.23. The van der Waals surface area contributed by atoms with Crippen molar-refractivity contribution in [1.82, 2.24) is 45.0 Å². The maximum atomic E-state index is 12.9. The lowest BCUT2D eigenvalue weighted by Crippen LogP contribution is -2.34. The molecular weight excluding hydrogens is 1470 g/mol. The predicted octanol–water partition coefficient (Wildman–Crippen LogP) is 20.1. The fourth-order valence-electron chi connectivity index (χ4n) is 9.23. The summed E-state index contributed by atoms with van der Waals surface area (Å²) in [7, 11) is 0.0544. The average Bonchev–Trinajstić information content (AvgIpc) is 1.60. The number of oxime groups is 1. The summed E-state index contributed by atoms with van der Waals surface area (Å²) >= 11 is 0. The molecule has 1 amide bonds. The first-order valence-corrected chi connectivity index (χ1v) is 39.7. The smallest absolute Gasteiger partial charge is 0.330 e. The minimum absolute atomic E-state index is 0.0365.